The highest BCUT2D eigenvalue weighted by Gasteiger charge is 2.46. The molecule has 9 nitrogen and oxygen atoms in total. The van der Waals surface area contributed by atoms with E-state index >= 15 is 0 Å². The van der Waals surface area contributed by atoms with Crippen molar-refractivity contribution in [2.24, 2.45) is 0 Å². The standard InChI is InChI=1S/C29H34N4O5/c1-4-15-38-22-9-5-8-21(18-22)25-23(26(34)24-20(3)32-10-6-7-19(2)28(32)30-24)27(35)29(36)33(25)12-11-31-13-16-37-17-14-31/h5-10,18,25,34H,4,11-17H2,1-3H3. The molecule has 1 N–H and O–H groups in total. The first-order valence-corrected chi connectivity index (χ1v) is 13.2. The number of nitrogens with zero attached hydrogens (tertiary/aromatic N) is 4. The van der Waals surface area contributed by atoms with E-state index in [0.717, 1.165) is 25.1 Å². The molecule has 1 unspecified atom stereocenters. The molecule has 2 saturated heterocycles. The lowest BCUT2D eigenvalue weighted by atomic mass is 9.96. The van der Waals surface area contributed by atoms with Gasteiger partial charge in [-0.15, -0.1) is 0 Å². The maximum Gasteiger partial charge on any atom is 0.295 e. The first-order chi connectivity index (χ1) is 18.4. The van der Waals surface area contributed by atoms with Gasteiger partial charge in [0.1, 0.15) is 17.1 Å². The van der Waals surface area contributed by atoms with E-state index in [9.17, 15) is 14.7 Å². The van der Waals surface area contributed by atoms with E-state index in [2.05, 4.69) is 9.88 Å². The third-order valence-electron chi connectivity index (χ3n) is 7.26. The van der Waals surface area contributed by atoms with Crippen molar-refractivity contribution in [2.45, 2.75) is 33.2 Å². The smallest absolute Gasteiger partial charge is 0.295 e. The van der Waals surface area contributed by atoms with Gasteiger partial charge in [0.2, 0.25) is 0 Å². The molecule has 5 rings (SSSR count). The number of aryl methyl sites for hydroxylation is 2. The van der Waals surface area contributed by atoms with Crippen molar-refractivity contribution in [2.75, 3.05) is 46.0 Å². The number of pyridine rings is 1. The number of ether oxygens (including phenoxy) is 2. The Balaban J connectivity index is 1.60. The zero-order valence-electron chi connectivity index (χ0n) is 22.1. The number of ketones is 1. The fourth-order valence-corrected chi connectivity index (χ4v) is 5.20. The Labute approximate surface area is 222 Å². The van der Waals surface area contributed by atoms with E-state index in [-0.39, 0.29) is 11.3 Å². The number of Topliss-reactive ketones (excluding diaryl/α,β-unsaturated/α-hetero) is 1. The molecule has 4 heterocycles. The summed E-state index contributed by atoms with van der Waals surface area (Å²) >= 11 is 0. The molecule has 9 heteroatoms. The number of carbonyl (C=O) groups excluding carboxylic acids is 2. The third-order valence-corrected chi connectivity index (χ3v) is 7.26. The van der Waals surface area contributed by atoms with E-state index in [0.29, 0.717) is 61.3 Å². The van der Waals surface area contributed by atoms with Gasteiger partial charge in [0.05, 0.1) is 37.1 Å². The van der Waals surface area contributed by atoms with Crippen LogP contribution in [-0.4, -0.2) is 82.0 Å². The van der Waals surface area contributed by atoms with Crippen LogP contribution in [0.1, 0.15) is 41.9 Å². The van der Waals surface area contributed by atoms with Crippen LogP contribution in [0.2, 0.25) is 0 Å². The molecule has 3 aromatic rings. The summed E-state index contributed by atoms with van der Waals surface area (Å²) in [6.07, 6.45) is 2.73. The average Bonchev–Trinajstić information content (AvgIpc) is 3.41. The van der Waals surface area contributed by atoms with Crippen LogP contribution in [0, 0.1) is 13.8 Å². The molecule has 2 fully saturated rings. The van der Waals surface area contributed by atoms with Crippen LogP contribution in [0.3, 0.4) is 0 Å². The minimum absolute atomic E-state index is 0.0498. The van der Waals surface area contributed by atoms with Gasteiger partial charge in [0.25, 0.3) is 11.7 Å². The fraction of sp³-hybridized carbons (Fsp3) is 0.414. The second kappa shape index (κ2) is 11.0. The molecule has 1 amide bonds. The number of hydrogen-bond acceptors (Lipinski definition) is 7. The monoisotopic (exact) mass is 518 g/mol. The highest BCUT2D eigenvalue weighted by atomic mass is 16.5. The largest absolute Gasteiger partial charge is 0.505 e. The summed E-state index contributed by atoms with van der Waals surface area (Å²) in [5, 5.41) is 11.6. The summed E-state index contributed by atoms with van der Waals surface area (Å²) in [4.78, 5) is 35.4. The number of aromatic nitrogens is 2. The lowest BCUT2D eigenvalue weighted by Gasteiger charge is -2.31. The van der Waals surface area contributed by atoms with Gasteiger partial charge in [-0.3, -0.25) is 14.5 Å². The number of fused-ring (bicyclic) bond motifs is 1. The van der Waals surface area contributed by atoms with Crippen LogP contribution in [0.4, 0.5) is 0 Å². The maximum absolute atomic E-state index is 13.5. The number of aliphatic hydroxyl groups excluding tert-OH is 1. The van der Waals surface area contributed by atoms with Crippen LogP contribution in [0.15, 0.2) is 48.2 Å². The average molecular weight is 519 g/mol. The quantitative estimate of drug-likeness (QED) is 0.277. The van der Waals surface area contributed by atoms with Crippen molar-refractivity contribution in [1.82, 2.24) is 19.2 Å². The molecule has 1 aromatic carbocycles. The van der Waals surface area contributed by atoms with Crippen molar-refractivity contribution in [3.8, 4) is 5.75 Å². The number of morpholine rings is 1. The Bertz CT molecular complexity index is 1390. The predicted octanol–water partition coefficient (Wildman–Crippen LogP) is 3.49. The second-order valence-electron chi connectivity index (χ2n) is 9.80. The van der Waals surface area contributed by atoms with Crippen LogP contribution in [-0.2, 0) is 14.3 Å². The summed E-state index contributed by atoms with van der Waals surface area (Å²) in [7, 11) is 0. The Hall–Kier alpha value is -3.69. The highest BCUT2D eigenvalue weighted by Crippen LogP contribution is 2.40. The summed E-state index contributed by atoms with van der Waals surface area (Å²) in [5.41, 5.74) is 3.39. The molecule has 0 bridgehead atoms. The van der Waals surface area contributed by atoms with Crippen molar-refractivity contribution in [1.29, 1.82) is 0 Å². The topological polar surface area (TPSA) is 96.6 Å². The van der Waals surface area contributed by atoms with Gasteiger partial charge in [0.15, 0.2) is 5.76 Å². The highest BCUT2D eigenvalue weighted by molar-refractivity contribution is 6.46. The molecule has 200 valence electrons. The van der Waals surface area contributed by atoms with Gasteiger partial charge < -0.3 is 23.9 Å². The predicted molar refractivity (Wildman–Crippen MR) is 143 cm³/mol. The van der Waals surface area contributed by atoms with Gasteiger partial charge in [0, 0.05) is 32.4 Å². The molecule has 1 atom stereocenters. The number of carbonyl (C=O) groups is 2. The summed E-state index contributed by atoms with van der Waals surface area (Å²) in [5.74, 6) is -0.935. The summed E-state index contributed by atoms with van der Waals surface area (Å²) < 4.78 is 13.2. The van der Waals surface area contributed by atoms with Gasteiger partial charge in [-0.1, -0.05) is 25.1 Å². The van der Waals surface area contributed by atoms with E-state index in [1.54, 1.807) is 4.90 Å². The number of rotatable bonds is 8. The molecule has 0 aliphatic carbocycles. The van der Waals surface area contributed by atoms with Gasteiger partial charge in [-0.05, 0) is 49.6 Å². The number of likely N-dealkylation sites (tertiary alicyclic amines) is 1. The lowest BCUT2D eigenvalue weighted by Crippen LogP contribution is -2.42. The number of aliphatic hydroxyl groups is 1. The molecule has 2 aromatic heterocycles. The van der Waals surface area contributed by atoms with Crippen molar-refractivity contribution in [3.05, 3.63) is 70.7 Å². The van der Waals surface area contributed by atoms with Crippen molar-refractivity contribution < 1.29 is 24.2 Å². The molecule has 2 aliphatic heterocycles. The van der Waals surface area contributed by atoms with Crippen LogP contribution >= 0.6 is 0 Å². The number of amides is 1. The minimum atomic E-state index is -0.758. The Kier molecular flexibility index (Phi) is 7.49. The zero-order valence-corrected chi connectivity index (χ0v) is 22.1. The molecular formula is C29H34N4O5. The number of imidazole rings is 1. The Morgan fingerprint density at radius 2 is 1.92 bits per heavy atom. The molecule has 2 aliphatic rings. The van der Waals surface area contributed by atoms with Crippen molar-refractivity contribution >= 4 is 23.1 Å². The first kappa shape index (κ1) is 25.9. The van der Waals surface area contributed by atoms with Crippen LogP contribution in [0.5, 0.6) is 5.75 Å². The van der Waals surface area contributed by atoms with Crippen molar-refractivity contribution in [3.63, 3.8) is 0 Å². The van der Waals surface area contributed by atoms with Crippen LogP contribution < -0.4 is 4.74 Å². The van der Waals surface area contributed by atoms with E-state index in [4.69, 9.17) is 9.47 Å². The minimum Gasteiger partial charge on any atom is -0.505 e. The molecule has 0 spiro atoms. The van der Waals surface area contributed by atoms with Gasteiger partial charge >= 0.3 is 0 Å². The normalized spacial score (nSPS) is 20.0. The van der Waals surface area contributed by atoms with E-state index in [1.807, 2.05) is 67.8 Å². The Morgan fingerprint density at radius 1 is 1.13 bits per heavy atom. The van der Waals surface area contributed by atoms with E-state index < -0.39 is 17.7 Å². The Morgan fingerprint density at radius 3 is 2.66 bits per heavy atom. The summed E-state index contributed by atoms with van der Waals surface area (Å²) in [6, 6.07) is 10.5. The molecule has 0 saturated carbocycles. The maximum atomic E-state index is 13.5. The number of hydrogen-bond donors (Lipinski definition) is 1. The summed E-state index contributed by atoms with van der Waals surface area (Å²) in [6.45, 7) is 10.2. The SMILES string of the molecule is CCCOc1cccc(C2C(=C(O)c3nc4c(C)cccn4c3C)C(=O)C(=O)N2CCN2CCOCC2)c1. The first-order valence-electron chi connectivity index (χ1n) is 13.2. The zero-order chi connectivity index (χ0) is 26.8. The van der Waals surface area contributed by atoms with Gasteiger partial charge in [-0.2, -0.15) is 0 Å². The third kappa shape index (κ3) is 4.79. The fourth-order valence-electron chi connectivity index (χ4n) is 5.20. The van der Waals surface area contributed by atoms with E-state index in [1.165, 1.54) is 0 Å². The lowest BCUT2D eigenvalue weighted by molar-refractivity contribution is -0.140. The van der Waals surface area contributed by atoms with Gasteiger partial charge in [-0.25, -0.2) is 4.98 Å². The molecular weight excluding hydrogens is 484 g/mol. The number of benzene rings is 1. The second-order valence-corrected chi connectivity index (χ2v) is 9.80. The molecule has 0 radical (unpaired) electrons. The molecule has 38 heavy (non-hydrogen) atoms. The van der Waals surface area contributed by atoms with Crippen LogP contribution in [0.25, 0.3) is 11.4 Å².